The molecule has 2 heterocycles. The summed E-state index contributed by atoms with van der Waals surface area (Å²) in [4.78, 5) is 8.94. The number of hydrogen-bond acceptors (Lipinski definition) is 5. The van der Waals surface area contributed by atoms with Crippen molar-refractivity contribution in [3.05, 3.63) is 48.2 Å². The average molecular weight is 372 g/mol. The maximum atomic E-state index is 5.34. The van der Waals surface area contributed by atoms with Crippen LogP contribution in [0.4, 0.5) is 11.4 Å². The molecule has 0 amide bonds. The second-order valence-corrected chi connectivity index (χ2v) is 6.76. The molecule has 1 aliphatic heterocycles. The van der Waals surface area contributed by atoms with Crippen LogP contribution in [0.15, 0.2) is 42.6 Å². The van der Waals surface area contributed by atoms with Gasteiger partial charge in [0.25, 0.3) is 0 Å². The Kier molecular flexibility index (Phi) is 6.25. The highest BCUT2D eigenvalue weighted by molar-refractivity contribution is 7.80. The number of pyridine rings is 1. The Labute approximate surface area is 160 Å². The summed E-state index contributed by atoms with van der Waals surface area (Å²) >= 11 is 5.34. The zero-order valence-corrected chi connectivity index (χ0v) is 16.1. The van der Waals surface area contributed by atoms with Crippen LogP contribution in [0.1, 0.15) is 5.56 Å². The molecule has 0 aliphatic carbocycles. The number of thiocarbonyl (C=S) groups is 1. The highest BCUT2D eigenvalue weighted by Gasteiger charge is 2.13. The number of ether oxygens (including phenoxy) is 1. The van der Waals surface area contributed by atoms with Gasteiger partial charge in [-0.25, -0.2) is 4.98 Å². The number of aromatic nitrogens is 1. The van der Waals surface area contributed by atoms with Gasteiger partial charge in [-0.2, -0.15) is 0 Å². The first kappa shape index (κ1) is 18.4. The molecular weight excluding hydrogens is 346 g/mol. The summed E-state index contributed by atoms with van der Waals surface area (Å²) < 4.78 is 5.04. The Bertz CT molecular complexity index is 712. The van der Waals surface area contributed by atoms with E-state index in [1.54, 1.807) is 19.4 Å². The van der Waals surface area contributed by atoms with Gasteiger partial charge in [-0.1, -0.05) is 12.1 Å². The van der Waals surface area contributed by atoms with Crippen molar-refractivity contribution >= 4 is 28.7 Å². The van der Waals surface area contributed by atoms with E-state index in [0.717, 1.165) is 31.9 Å². The normalized spacial score (nSPS) is 14.8. The van der Waals surface area contributed by atoms with Gasteiger partial charge in [0.2, 0.25) is 5.88 Å². The molecule has 0 spiro atoms. The molecule has 1 saturated heterocycles. The minimum absolute atomic E-state index is 0.570. The second-order valence-electron chi connectivity index (χ2n) is 6.35. The Hall–Kier alpha value is -2.38. The third-order valence-electron chi connectivity index (χ3n) is 4.46. The summed E-state index contributed by atoms with van der Waals surface area (Å²) in [5.41, 5.74) is 3.31. The molecule has 26 heavy (non-hydrogen) atoms. The van der Waals surface area contributed by atoms with E-state index in [9.17, 15) is 0 Å². The molecule has 0 atom stereocenters. The van der Waals surface area contributed by atoms with Crippen LogP contribution in [0.2, 0.25) is 0 Å². The summed E-state index contributed by atoms with van der Waals surface area (Å²) in [6.45, 7) is 5.07. The first-order chi connectivity index (χ1) is 12.6. The van der Waals surface area contributed by atoms with E-state index in [0.29, 0.717) is 17.5 Å². The van der Waals surface area contributed by atoms with Crippen LogP contribution >= 0.6 is 12.2 Å². The van der Waals surface area contributed by atoms with Crippen molar-refractivity contribution < 1.29 is 4.74 Å². The molecule has 0 saturated carbocycles. The number of piperazine rings is 1. The van der Waals surface area contributed by atoms with Gasteiger partial charge >= 0.3 is 0 Å². The van der Waals surface area contributed by atoms with E-state index in [-0.39, 0.29) is 0 Å². The zero-order valence-electron chi connectivity index (χ0n) is 15.2. The lowest BCUT2D eigenvalue weighted by atomic mass is 10.2. The van der Waals surface area contributed by atoms with Crippen molar-refractivity contribution in [2.24, 2.45) is 0 Å². The van der Waals surface area contributed by atoms with E-state index < -0.39 is 0 Å². The SMILES string of the molecule is COc1ccc(NC(=S)NCc2ccc(N3CCN(C)CC3)cc2)cn1. The number of anilines is 2. The van der Waals surface area contributed by atoms with Crippen molar-refractivity contribution in [1.82, 2.24) is 15.2 Å². The standard InChI is InChI=1S/C19H25N5OS/c1-23-9-11-24(12-10-23)17-6-3-15(4-7-17)13-21-19(26)22-16-5-8-18(25-2)20-14-16/h3-8,14H,9-13H2,1-2H3,(H2,21,22,26). The molecule has 6 nitrogen and oxygen atoms in total. The van der Waals surface area contributed by atoms with Crippen LogP contribution in [0.25, 0.3) is 0 Å². The van der Waals surface area contributed by atoms with Crippen LogP contribution in [0.3, 0.4) is 0 Å². The monoisotopic (exact) mass is 371 g/mol. The minimum Gasteiger partial charge on any atom is -0.481 e. The van der Waals surface area contributed by atoms with E-state index in [1.165, 1.54) is 11.3 Å². The number of benzene rings is 1. The molecule has 0 bridgehead atoms. The first-order valence-corrected chi connectivity index (χ1v) is 9.12. The highest BCUT2D eigenvalue weighted by atomic mass is 32.1. The Balaban J connectivity index is 1.47. The Morgan fingerprint density at radius 3 is 2.46 bits per heavy atom. The molecule has 1 fully saturated rings. The third kappa shape index (κ3) is 5.06. The first-order valence-electron chi connectivity index (χ1n) is 8.71. The molecule has 2 N–H and O–H groups in total. The Morgan fingerprint density at radius 1 is 1.12 bits per heavy atom. The third-order valence-corrected chi connectivity index (χ3v) is 4.71. The van der Waals surface area contributed by atoms with E-state index in [4.69, 9.17) is 17.0 Å². The number of rotatable bonds is 5. The molecule has 1 aromatic carbocycles. The van der Waals surface area contributed by atoms with Gasteiger partial charge in [0, 0.05) is 44.5 Å². The fraction of sp³-hybridized carbons (Fsp3) is 0.368. The summed E-state index contributed by atoms with van der Waals surface area (Å²) in [5.74, 6) is 0.579. The summed E-state index contributed by atoms with van der Waals surface area (Å²) in [5, 5.41) is 6.91. The minimum atomic E-state index is 0.570. The maximum absolute atomic E-state index is 5.34. The van der Waals surface area contributed by atoms with Crippen LogP contribution in [-0.2, 0) is 6.54 Å². The Morgan fingerprint density at radius 2 is 1.85 bits per heavy atom. The number of methoxy groups -OCH3 is 1. The van der Waals surface area contributed by atoms with Gasteiger partial charge < -0.3 is 25.2 Å². The molecule has 138 valence electrons. The molecular formula is C19H25N5OS. The van der Waals surface area contributed by atoms with Crippen molar-refractivity contribution in [3.8, 4) is 5.88 Å². The van der Waals surface area contributed by atoms with Gasteiger partial charge in [-0.3, -0.25) is 0 Å². The smallest absolute Gasteiger partial charge is 0.213 e. The summed E-state index contributed by atoms with van der Waals surface area (Å²) in [7, 11) is 3.77. The van der Waals surface area contributed by atoms with E-state index in [2.05, 4.69) is 56.7 Å². The van der Waals surface area contributed by atoms with Crippen LogP contribution in [0, 0.1) is 0 Å². The predicted molar refractivity (Wildman–Crippen MR) is 110 cm³/mol. The van der Waals surface area contributed by atoms with E-state index in [1.807, 2.05) is 6.07 Å². The maximum Gasteiger partial charge on any atom is 0.213 e. The molecule has 2 aromatic rings. The molecule has 0 radical (unpaired) electrons. The van der Waals surface area contributed by atoms with Crippen LogP contribution < -0.4 is 20.3 Å². The second kappa shape index (κ2) is 8.82. The quantitative estimate of drug-likeness (QED) is 0.783. The number of likely N-dealkylation sites (N-methyl/N-ethyl adjacent to an activating group) is 1. The fourth-order valence-corrected chi connectivity index (χ4v) is 3.01. The highest BCUT2D eigenvalue weighted by Crippen LogP contribution is 2.17. The van der Waals surface area contributed by atoms with Gasteiger partial charge in [0.15, 0.2) is 5.11 Å². The van der Waals surface area contributed by atoms with Gasteiger partial charge in [0.05, 0.1) is 19.0 Å². The fourth-order valence-electron chi connectivity index (χ4n) is 2.82. The topological polar surface area (TPSA) is 52.7 Å². The van der Waals surface area contributed by atoms with Crippen molar-refractivity contribution in [3.63, 3.8) is 0 Å². The number of nitrogens with zero attached hydrogens (tertiary/aromatic N) is 3. The predicted octanol–water partition coefficient (Wildman–Crippen LogP) is 2.33. The molecule has 7 heteroatoms. The molecule has 1 aliphatic rings. The largest absolute Gasteiger partial charge is 0.481 e. The zero-order chi connectivity index (χ0) is 18.4. The lowest BCUT2D eigenvalue weighted by molar-refractivity contribution is 0.313. The van der Waals surface area contributed by atoms with Crippen LogP contribution in [-0.4, -0.2) is 55.3 Å². The number of nitrogens with one attached hydrogen (secondary N) is 2. The van der Waals surface area contributed by atoms with Crippen molar-refractivity contribution in [1.29, 1.82) is 0 Å². The molecule has 1 aromatic heterocycles. The van der Waals surface area contributed by atoms with Gasteiger partial charge in [-0.15, -0.1) is 0 Å². The summed E-state index contributed by atoms with van der Waals surface area (Å²) in [6.07, 6.45) is 1.69. The van der Waals surface area contributed by atoms with Gasteiger partial charge in [0.1, 0.15) is 0 Å². The molecule has 3 rings (SSSR count). The summed E-state index contributed by atoms with van der Waals surface area (Å²) in [6, 6.07) is 12.3. The van der Waals surface area contributed by atoms with Crippen molar-refractivity contribution in [2.75, 3.05) is 50.6 Å². The van der Waals surface area contributed by atoms with E-state index >= 15 is 0 Å². The number of hydrogen-bond donors (Lipinski definition) is 2. The van der Waals surface area contributed by atoms with Crippen LogP contribution in [0.5, 0.6) is 5.88 Å². The molecule has 0 unspecified atom stereocenters. The lowest BCUT2D eigenvalue weighted by Gasteiger charge is -2.34. The van der Waals surface area contributed by atoms with Gasteiger partial charge in [-0.05, 0) is 43.0 Å². The van der Waals surface area contributed by atoms with Crippen molar-refractivity contribution in [2.45, 2.75) is 6.54 Å². The average Bonchev–Trinajstić information content (AvgIpc) is 2.68. The lowest BCUT2D eigenvalue weighted by Crippen LogP contribution is -2.44.